The van der Waals surface area contributed by atoms with Crippen LogP contribution in [-0.2, 0) is 17.8 Å². The fourth-order valence-corrected chi connectivity index (χ4v) is 3.18. The summed E-state index contributed by atoms with van der Waals surface area (Å²) in [7, 11) is 0. The smallest absolute Gasteiger partial charge is 0.120 e. The minimum absolute atomic E-state index is 0.542. The van der Waals surface area contributed by atoms with Gasteiger partial charge in [0.1, 0.15) is 18.6 Å². The van der Waals surface area contributed by atoms with Crippen LogP contribution < -0.4 is 4.74 Å². The van der Waals surface area contributed by atoms with Crippen LogP contribution in [0.25, 0.3) is 11.1 Å². The third-order valence-electron chi connectivity index (χ3n) is 4.60. The van der Waals surface area contributed by atoms with Crippen LogP contribution >= 0.6 is 0 Å². The van der Waals surface area contributed by atoms with Crippen molar-refractivity contribution in [3.05, 3.63) is 89.0 Å². The first kappa shape index (κ1) is 17.9. The maximum atomic E-state index is 10.4. The molecule has 0 aliphatic heterocycles. The monoisotopic (exact) mass is 344 g/mol. The molecule has 0 fully saturated rings. The van der Waals surface area contributed by atoms with E-state index in [0.717, 1.165) is 29.6 Å². The molecule has 0 aromatic heterocycles. The summed E-state index contributed by atoms with van der Waals surface area (Å²) in [5, 5.41) is 0. The predicted molar refractivity (Wildman–Crippen MR) is 107 cm³/mol. The number of ether oxygens (including phenoxy) is 1. The maximum Gasteiger partial charge on any atom is 0.120 e. The topological polar surface area (TPSA) is 26.3 Å². The molecule has 0 amide bonds. The van der Waals surface area contributed by atoms with Crippen molar-refractivity contribution in [2.24, 2.45) is 0 Å². The molecule has 3 rings (SSSR count). The molecule has 3 aromatic rings. The summed E-state index contributed by atoms with van der Waals surface area (Å²) in [5.41, 5.74) is 7.44. The Balaban J connectivity index is 1.64. The van der Waals surface area contributed by atoms with Crippen LogP contribution in [0.2, 0.25) is 0 Å². The lowest BCUT2D eigenvalue weighted by Gasteiger charge is -2.11. The summed E-state index contributed by atoms with van der Waals surface area (Å²) in [6.45, 7) is 4.84. The van der Waals surface area contributed by atoms with Crippen LogP contribution in [-0.4, -0.2) is 6.29 Å². The molecule has 3 aromatic carbocycles. The zero-order valence-electron chi connectivity index (χ0n) is 15.4. The zero-order valence-corrected chi connectivity index (χ0v) is 15.4. The molecule has 2 nitrogen and oxygen atoms in total. The van der Waals surface area contributed by atoms with E-state index < -0.39 is 0 Å². The van der Waals surface area contributed by atoms with Gasteiger partial charge in [-0.3, -0.25) is 0 Å². The molecule has 0 heterocycles. The maximum absolute atomic E-state index is 10.4. The van der Waals surface area contributed by atoms with Crippen LogP contribution in [0.4, 0.5) is 0 Å². The van der Waals surface area contributed by atoms with Crippen LogP contribution in [0.1, 0.15) is 28.7 Å². The molecule has 0 saturated carbocycles. The Bertz CT molecular complexity index is 841. The SMILES string of the molecule is Cc1cccc(C)c1-c1ccc(COc2ccc(CCC=O)cc2)cc1. The van der Waals surface area contributed by atoms with Gasteiger partial charge < -0.3 is 9.53 Å². The third-order valence-corrected chi connectivity index (χ3v) is 4.60. The fraction of sp³-hybridized carbons (Fsp3) is 0.208. The second kappa shape index (κ2) is 8.48. The molecule has 0 aliphatic rings. The highest BCUT2D eigenvalue weighted by Gasteiger charge is 2.05. The number of rotatable bonds is 7. The first-order chi connectivity index (χ1) is 12.7. The van der Waals surface area contributed by atoms with Gasteiger partial charge in [0.2, 0.25) is 0 Å². The predicted octanol–water partition coefficient (Wildman–Crippen LogP) is 5.68. The Labute approximate surface area is 155 Å². The average molecular weight is 344 g/mol. The minimum Gasteiger partial charge on any atom is -0.489 e. The molecule has 0 spiro atoms. The van der Waals surface area contributed by atoms with Gasteiger partial charge in [0.25, 0.3) is 0 Å². The lowest BCUT2D eigenvalue weighted by Crippen LogP contribution is -1.96. The van der Waals surface area contributed by atoms with Crippen molar-refractivity contribution in [1.29, 1.82) is 0 Å². The second-order valence-electron chi connectivity index (χ2n) is 6.60. The Hall–Kier alpha value is -2.87. The lowest BCUT2D eigenvalue weighted by molar-refractivity contribution is -0.107. The van der Waals surface area contributed by atoms with Crippen LogP contribution in [0.3, 0.4) is 0 Å². The van der Waals surface area contributed by atoms with Crippen molar-refractivity contribution in [2.75, 3.05) is 0 Å². The van der Waals surface area contributed by atoms with E-state index in [4.69, 9.17) is 4.74 Å². The van der Waals surface area contributed by atoms with E-state index in [1.54, 1.807) is 0 Å². The largest absolute Gasteiger partial charge is 0.489 e. The summed E-state index contributed by atoms with van der Waals surface area (Å²) in [4.78, 5) is 10.4. The highest BCUT2D eigenvalue weighted by Crippen LogP contribution is 2.27. The molecule has 0 atom stereocenters. The number of aldehydes is 1. The number of hydrogen-bond acceptors (Lipinski definition) is 2. The van der Waals surface area contributed by atoms with Gasteiger partial charge in [-0.2, -0.15) is 0 Å². The second-order valence-corrected chi connectivity index (χ2v) is 6.60. The minimum atomic E-state index is 0.542. The molecule has 2 heteroatoms. The highest BCUT2D eigenvalue weighted by molar-refractivity contribution is 5.70. The highest BCUT2D eigenvalue weighted by atomic mass is 16.5. The fourth-order valence-electron chi connectivity index (χ4n) is 3.18. The van der Waals surface area contributed by atoms with Crippen molar-refractivity contribution in [2.45, 2.75) is 33.3 Å². The van der Waals surface area contributed by atoms with Gasteiger partial charge in [0, 0.05) is 6.42 Å². The Morgan fingerprint density at radius 1 is 0.808 bits per heavy atom. The van der Waals surface area contributed by atoms with Gasteiger partial charge in [-0.05, 0) is 65.8 Å². The summed E-state index contributed by atoms with van der Waals surface area (Å²) in [6, 6.07) is 22.9. The van der Waals surface area contributed by atoms with Crippen LogP contribution in [0, 0.1) is 13.8 Å². The molecule has 26 heavy (non-hydrogen) atoms. The third kappa shape index (κ3) is 4.40. The van der Waals surface area contributed by atoms with Gasteiger partial charge >= 0.3 is 0 Å². The van der Waals surface area contributed by atoms with E-state index in [1.165, 1.54) is 22.3 Å². The number of carbonyl (C=O) groups is 1. The normalized spacial score (nSPS) is 10.5. The molecular formula is C24H24O2. The molecular weight excluding hydrogens is 320 g/mol. The van der Waals surface area contributed by atoms with E-state index in [9.17, 15) is 4.79 Å². The van der Waals surface area contributed by atoms with Crippen molar-refractivity contribution in [1.82, 2.24) is 0 Å². The van der Waals surface area contributed by atoms with E-state index in [0.29, 0.717) is 13.0 Å². The van der Waals surface area contributed by atoms with Crippen LogP contribution in [0.5, 0.6) is 5.75 Å². The molecule has 0 aliphatic carbocycles. The zero-order chi connectivity index (χ0) is 18.4. The Morgan fingerprint density at radius 3 is 2.04 bits per heavy atom. The van der Waals surface area contributed by atoms with E-state index in [2.05, 4.69) is 56.3 Å². The average Bonchev–Trinajstić information content (AvgIpc) is 2.66. The number of hydrogen-bond donors (Lipinski definition) is 0. The van der Waals surface area contributed by atoms with Gasteiger partial charge in [-0.25, -0.2) is 0 Å². The standard InChI is InChI=1S/C24H24O2/c1-18-5-3-6-19(2)24(18)22-12-8-21(9-13-22)17-26-23-14-10-20(11-15-23)7-4-16-25/h3,5-6,8-16H,4,7,17H2,1-2H3. The first-order valence-corrected chi connectivity index (χ1v) is 8.98. The van der Waals surface area contributed by atoms with E-state index in [1.807, 2.05) is 24.3 Å². The van der Waals surface area contributed by atoms with Gasteiger partial charge in [-0.15, -0.1) is 0 Å². The summed E-state index contributed by atoms with van der Waals surface area (Å²) in [6.07, 6.45) is 2.29. The molecule has 132 valence electrons. The summed E-state index contributed by atoms with van der Waals surface area (Å²) >= 11 is 0. The Morgan fingerprint density at radius 2 is 1.42 bits per heavy atom. The Kier molecular flexibility index (Phi) is 5.85. The molecule has 0 N–H and O–H groups in total. The molecule has 0 radical (unpaired) electrons. The van der Waals surface area contributed by atoms with Crippen molar-refractivity contribution < 1.29 is 9.53 Å². The number of benzene rings is 3. The molecule has 0 unspecified atom stereocenters. The quantitative estimate of drug-likeness (QED) is 0.515. The van der Waals surface area contributed by atoms with Crippen LogP contribution in [0.15, 0.2) is 66.7 Å². The van der Waals surface area contributed by atoms with Gasteiger partial charge in [0.15, 0.2) is 0 Å². The van der Waals surface area contributed by atoms with E-state index >= 15 is 0 Å². The van der Waals surface area contributed by atoms with Gasteiger partial charge in [-0.1, -0.05) is 54.6 Å². The summed E-state index contributed by atoms with van der Waals surface area (Å²) in [5.74, 6) is 0.846. The van der Waals surface area contributed by atoms with E-state index in [-0.39, 0.29) is 0 Å². The number of carbonyl (C=O) groups excluding carboxylic acids is 1. The van der Waals surface area contributed by atoms with Gasteiger partial charge in [0.05, 0.1) is 0 Å². The summed E-state index contributed by atoms with van der Waals surface area (Å²) < 4.78 is 5.88. The number of aryl methyl sites for hydroxylation is 3. The van der Waals surface area contributed by atoms with Crippen molar-refractivity contribution in [3.63, 3.8) is 0 Å². The molecule has 0 saturated heterocycles. The lowest BCUT2D eigenvalue weighted by atomic mass is 9.95. The van der Waals surface area contributed by atoms with Crippen molar-refractivity contribution >= 4 is 6.29 Å². The first-order valence-electron chi connectivity index (χ1n) is 8.98. The van der Waals surface area contributed by atoms with Crippen molar-refractivity contribution in [3.8, 4) is 16.9 Å². The molecule has 0 bridgehead atoms.